The van der Waals surface area contributed by atoms with Crippen LogP contribution in [0.4, 0.5) is 0 Å². The first-order valence-corrected chi connectivity index (χ1v) is 5.16. The van der Waals surface area contributed by atoms with Crippen LogP contribution in [0, 0.1) is 0 Å². The van der Waals surface area contributed by atoms with Crippen molar-refractivity contribution in [3.8, 4) is 0 Å². The lowest BCUT2D eigenvalue weighted by molar-refractivity contribution is -0.140. The number of fused-ring (bicyclic) bond motifs is 1. The van der Waals surface area contributed by atoms with Crippen LogP contribution in [0.1, 0.15) is 13.0 Å². The summed E-state index contributed by atoms with van der Waals surface area (Å²) >= 11 is 1.27. The number of nitrogens with zero attached hydrogens (tertiary/aromatic N) is 2. The van der Waals surface area contributed by atoms with Gasteiger partial charge in [0.2, 0.25) is 0 Å². The first kappa shape index (κ1) is 9.85. The number of carbonyl (C=O) groups is 1. The van der Waals surface area contributed by atoms with Crippen molar-refractivity contribution in [3.63, 3.8) is 0 Å². The molecule has 78 valence electrons. The molecule has 1 atom stereocenters. The molecular formula is C9H8N2O3S. The molecule has 15 heavy (non-hydrogen) atoms. The minimum Gasteiger partial charge on any atom is -0.480 e. The summed E-state index contributed by atoms with van der Waals surface area (Å²) in [7, 11) is 0. The van der Waals surface area contributed by atoms with Crippen molar-refractivity contribution < 1.29 is 9.90 Å². The fourth-order valence-electron chi connectivity index (χ4n) is 1.25. The summed E-state index contributed by atoms with van der Waals surface area (Å²) in [5.41, 5.74) is 0.309. The third-order valence-corrected chi connectivity index (χ3v) is 3.06. The second kappa shape index (κ2) is 3.47. The van der Waals surface area contributed by atoms with Crippen molar-refractivity contribution in [1.82, 2.24) is 9.55 Å². The molecule has 2 aromatic rings. The number of thiophene rings is 1. The highest BCUT2D eigenvalue weighted by Gasteiger charge is 2.16. The lowest BCUT2D eigenvalue weighted by Crippen LogP contribution is -2.27. The van der Waals surface area contributed by atoms with Crippen molar-refractivity contribution in [2.45, 2.75) is 13.0 Å². The lowest BCUT2D eigenvalue weighted by Gasteiger charge is -2.08. The molecule has 0 aromatic carbocycles. The Hall–Kier alpha value is -1.69. The molecule has 0 aliphatic heterocycles. The van der Waals surface area contributed by atoms with Gasteiger partial charge in [0, 0.05) is 0 Å². The van der Waals surface area contributed by atoms with Gasteiger partial charge in [-0.1, -0.05) is 0 Å². The fraction of sp³-hybridized carbons (Fsp3) is 0.222. The molecule has 2 heterocycles. The fourth-order valence-corrected chi connectivity index (χ4v) is 2.03. The molecule has 0 aliphatic carbocycles. The summed E-state index contributed by atoms with van der Waals surface area (Å²) in [6.07, 6.45) is 1.27. The molecule has 0 saturated carbocycles. The van der Waals surface area contributed by atoms with Gasteiger partial charge in [-0.2, -0.15) is 0 Å². The first-order valence-electron chi connectivity index (χ1n) is 4.28. The van der Waals surface area contributed by atoms with Gasteiger partial charge in [-0.3, -0.25) is 9.36 Å². The predicted molar refractivity (Wildman–Crippen MR) is 56.2 cm³/mol. The number of hydrogen-bond acceptors (Lipinski definition) is 4. The van der Waals surface area contributed by atoms with E-state index in [1.807, 2.05) is 0 Å². The van der Waals surface area contributed by atoms with Crippen LogP contribution in [-0.2, 0) is 4.79 Å². The van der Waals surface area contributed by atoms with Crippen molar-refractivity contribution in [3.05, 3.63) is 28.1 Å². The molecule has 2 aromatic heterocycles. The zero-order chi connectivity index (χ0) is 11.0. The topological polar surface area (TPSA) is 72.2 Å². The highest BCUT2D eigenvalue weighted by molar-refractivity contribution is 7.17. The van der Waals surface area contributed by atoms with E-state index in [0.717, 1.165) is 4.57 Å². The smallest absolute Gasteiger partial charge is 0.326 e. The molecule has 0 spiro atoms. The van der Waals surface area contributed by atoms with Gasteiger partial charge in [0.05, 0.1) is 11.8 Å². The van der Waals surface area contributed by atoms with Crippen LogP contribution in [0.3, 0.4) is 0 Å². The normalized spacial score (nSPS) is 12.9. The molecule has 0 aliphatic rings. The van der Waals surface area contributed by atoms with E-state index in [1.54, 1.807) is 11.4 Å². The average Bonchev–Trinajstić information content (AvgIpc) is 2.66. The molecule has 0 fully saturated rings. The number of aromatic nitrogens is 2. The Morgan fingerprint density at radius 2 is 2.40 bits per heavy atom. The summed E-state index contributed by atoms with van der Waals surface area (Å²) in [4.78, 5) is 26.6. The van der Waals surface area contributed by atoms with Crippen LogP contribution in [0.5, 0.6) is 0 Å². The SMILES string of the molecule is CC(C(=O)O)n1cnc2ccsc2c1=O. The van der Waals surface area contributed by atoms with E-state index in [-0.39, 0.29) is 5.56 Å². The largest absolute Gasteiger partial charge is 0.480 e. The van der Waals surface area contributed by atoms with Gasteiger partial charge in [0.15, 0.2) is 0 Å². The average molecular weight is 224 g/mol. The lowest BCUT2D eigenvalue weighted by atomic mass is 10.3. The van der Waals surface area contributed by atoms with Gasteiger partial charge in [-0.25, -0.2) is 9.78 Å². The Kier molecular flexibility index (Phi) is 2.28. The Morgan fingerprint density at radius 3 is 3.07 bits per heavy atom. The summed E-state index contributed by atoms with van der Waals surface area (Å²) in [5, 5.41) is 10.6. The molecular weight excluding hydrogens is 216 g/mol. The van der Waals surface area contributed by atoms with E-state index in [9.17, 15) is 9.59 Å². The van der Waals surface area contributed by atoms with Gasteiger partial charge < -0.3 is 5.11 Å². The summed E-state index contributed by atoms with van der Waals surface area (Å²) in [6, 6.07) is 0.841. The highest BCUT2D eigenvalue weighted by atomic mass is 32.1. The van der Waals surface area contributed by atoms with Crippen LogP contribution >= 0.6 is 11.3 Å². The van der Waals surface area contributed by atoms with Crippen LogP contribution in [0.25, 0.3) is 10.2 Å². The van der Waals surface area contributed by atoms with E-state index in [4.69, 9.17) is 5.11 Å². The van der Waals surface area contributed by atoms with Crippen molar-refractivity contribution in [1.29, 1.82) is 0 Å². The predicted octanol–water partition coefficient (Wildman–Crippen LogP) is 1.10. The Balaban J connectivity index is 2.67. The van der Waals surface area contributed by atoms with Crippen molar-refractivity contribution in [2.75, 3.05) is 0 Å². The van der Waals surface area contributed by atoms with Crippen LogP contribution in [0.15, 0.2) is 22.6 Å². The Morgan fingerprint density at radius 1 is 1.67 bits per heavy atom. The van der Waals surface area contributed by atoms with Crippen molar-refractivity contribution in [2.24, 2.45) is 0 Å². The van der Waals surface area contributed by atoms with Gasteiger partial charge >= 0.3 is 5.97 Å². The molecule has 5 nitrogen and oxygen atoms in total. The number of hydrogen-bond donors (Lipinski definition) is 1. The summed E-state index contributed by atoms with van der Waals surface area (Å²) in [6.45, 7) is 1.45. The molecule has 0 saturated heterocycles. The second-order valence-electron chi connectivity index (χ2n) is 3.11. The third kappa shape index (κ3) is 1.52. The van der Waals surface area contributed by atoms with E-state index < -0.39 is 12.0 Å². The molecule has 0 radical (unpaired) electrons. The van der Waals surface area contributed by atoms with Gasteiger partial charge in [0.25, 0.3) is 5.56 Å². The molecule has 1 N–H and O–H groups in total. The minimum atomic E-state index is -1.05. The van der Waals surface area contributed by atoms with Crippen LogP contribution < -0.4 is 5.56 Å². The quantitative estimate of drug-likeness (QED) is 0.829. The Bertz CT molecular complexity index is 572. The van der Waals surface area contributed by atoms with E-state index in [2.05, 4.69) is 4.98 Å². The van der Waals surface area contributed by atoms with Gasteiger partial charge in [0.1, 0.15) is 10.7 Å². The van der Waals surface area contributed by atoms with E-state index in [0.29, 0.717) is 10.2 Å². The Labute approximate surface area is 88.6 Å². The van der Waals surface area contributed by atoms with Crippen LogP contribution in [0.2, 0.25) is 0 Å². The summed E-state index contributed by atoms with van der Waals surface area (Å²) in [5.74, 6) is -1.05. The maximum Gasteiger partial charge on any atom is 0.326 e. The number of aliphatic carboxylic acids is 1. The third-order valence-electron chi connectivity index (χ3n) is 2.17. The summed E-state index contributed by atoms with van der Waals surface area (Å²) < 4.78 is 1.62. The maximum absolute atomic E-state index is 11.8. The molecule has 6 heteroatoms. The molecule has 1 unspecified atom stereocenters. The number of carboxylic acid groups (broad SMARTS) is 1. The maximum atomic E-state index is 11.8. The number of rotatable bonds is 2. The molecule has 2 rings (SSSR count). The van der Waals surface area contributed by atoms with E-state index in [1.165, 1.54) is 24.6 Å². The number of carboxylic acids is 1. The zero-order valence-electron chi connectivity index (χ0n) is 7.88. The van der Waals surface area contributed by atoms with Gasteiger partial charge in [-0.15, -0.1) is 11.3 Å². The molecule has 0 bridgehead atoms. The minimum absolute atomic E-state index is 0.301. The van der Waals surface area contributed by atoms with Gasteiger partial charge in [-0.05, 0) is 18.4 Å². The standard InChI is InChI=1S/C9H8N2O3S/c1-5(9(13)14)11-4-10-6-2-3-15-7(6)8(11)12/h2-5H,1H3,(H,13,14). The zero-order valence-corrected chi connectivity index (χ0v) is 8.69. The van der Waals surface area contributed by atoms with E-state index >= 15 is 0 Å². The first-order chi connectivity index (χ1) is 7.11. The monoisotopic (exact) mass is 224 g/mol. The van der Waals surface area contributed by atoms with Crippen molar-refractivity contribution >= 4 is 27.5 Å². The highest BCUT2D eigenvalue weighted by Crippen LogP contribution is 2.14. The van der Waals surface area contributed by atoms with Crippen LogP contribution in [-0.4, -0.2) is 20.6 Å². The molecule has 0 amide bonds. The second-order valence-corrected chi connectivity index (χ2v) is 4.02.